The molecule has 0 unspecified atom stereocenters. The number of hydrogen-bond acceptors (Lipinski definition) is 7. The summed E-state index contributed by atoms with van der Waals surface area (Å²) >= 11 is 0. The van der Waals surface area contributed by atoms with E-state index in [0.29, 0.717) is 11.4 Å². The highest BCUT2D eigenvalue weighted by Crippen LogP contribution is 2.16. The van der Waals surface area contributed by atoms with Crippen molar-refractivity contribution < 1.29 is 28.6 Å². The molecule has 0 atom stereocenters. The minimum Gasteiger partial charge on any atom is -0.462 e. The van der Waals surface area contributed by atoms with Gasteiger partial charge in [0.2, 0.25) is 0 Å². The van der Waals surface area contributed by atoms with Crippen LogP contribution >= 0.6 is 0 Å². The van der Waals surface area contributed by atoms with Crippen molar-refractivity contribution in [2.24, 2.45) is 0 Å². The molecular weight excluding hydrogens is 302 g/mol. The summed E-state index contributed by atoms with van der Waals surface area (Å²) in [5.41, 5.74) is 0.352. The fourth-order valence-electron chi connectivity index (χ4n) is 1.56. The van der Waals surface area contributed by atoms with Gasteiger partial charge in [0.15, 0.2) is 5.57 Å². The first-order valence-electron chi connectivity index (χ1n) is 7.07. The molecule has 0 spiro atoms. The average molecular weight is 321 g/mol. The largest absolute Gasteiger partial charge is 0.462 e. The van der Waals surface area contributed by atoms with Gasteiger partial charge >= 0.3 is 17.9 Å². The molecule has 23 heavy (non-hydrogen) atoms. The number of esters is 3. The summed E-state index contributed by atoms with van der Waals surface area (Å²) in [6.45, 7) is 4.88. The minimum absolute atomic E-state index is 0.145. The Balaban J connectivity index is 2.84. The van der Waals surface area contributed by atoms with Gasteiger partial charge in [-0.1, -0.05) is 0 Å². The first kappa shape index (κ1) is 18.2. The summed E-state index contributed by atoms with van der Waals surface area (Å²) < 4.78 is 14.5. The molecule has 0 saturated heterocycles. The summed E-state index contributed by atoms with van der Waals surface area (Å²) in [6.07, 6.45) is 1.22. The van der Waals surface area contributed by atoms with Gasteiger partial charge in [0.25, 0.3) is 0 Å². The minimum atomic E-state index is -0.769. The SMILES string of the molecule is CCOC(=O)C(=CNc1ccc(OC(C)=O)cc1)C(=O)OCC. The van der Waals surface area contributed by atoms with Gasteiger partial charge in [-0.25, -0.2) is 9.59 Å². The van der Waals surface area contributed by atoms with Gasteiger partial charge in [0.1, 0.15) is 5.75 Å². The van der Waals surface area contributed by atoms with Crippen molar-refractivity contribution in [2.45, 2.75) is 20.8 Å². The maximum atomic E-state index is 11.8. The van der Waals surface area contributed by atoms with Gasteiger partial charge < -0.3 is 19.5 Å². The molecule has 1 aromatic rings. The molecule has 7 heteroatoms. The Labute approximate surface area is 134 Å². The quantitative estimate of drug-likeness (QED) is 0.270. The summed E-state index contributed by atoms with van der Waals surface area (Å²) in [5, 5.41) is 2.80. The third-order valence-corrected chi connectivity index (χ3v) is 2.49. The highest BCUT2D eigenvalue weighted by Gasteiger charge is 2.20. The van der Waals surface area contributed by atoms with Crippen LogP contribution in [0.5, 0.6) is 5.75 Å². The lowest BCUT2D eigenvalue weighted by atomic mass is 10.2. The van der Waals surface area contributed by atoms with E-state index >= 15 is 0 Å². The maximum Gasteiger partial charge on any atom is 0.347 e. The van der Waals surface area contributed by atoms with Crippen molar-refractivity contribution in [1.82, 2.24) is 0 Å². The molecule has 0 aliphatic carbocycles. The predicted molar refractivity (Wildman–Crippen MR) is 82.7 cm³/mol. The van der Waals surface area contributed by atoms with Crippen molar-refractivity contribution >= 4 is 23.6 Å². The molecule has 0 saturated carbocycles. The number of benzene rings is 1. The van der Waals surface area contributed by atoms with Crippen LogP contribution in [-0.2, 0) is 23.9 Å². The Morgan fingerprint density at radius 1 is 1.00 bits per heavy atom. The molecule has 1 rings (SSSR count). The standard InChI is InChI=1S/C16H19NO6/c1-4-21-15(19)14(16(20)22-5-2)10-17-12-6-8-13(9-7-12)23-11(3)18/h6-10,17H,4-5H2,1-3H3. The van der Waals surface area contributed by atoms with Gasteiger partial charge in [-0.2, -0.15) is 0 Å². The molecule has 0 amide bonds. The Morgan fingerprint density at radius 3 is 1.96 bits per heavy atom. The predicted octanol–water partition coefficient (Wildman–Crippen LogP) is 2.03. The fourth-order valence-corrected chi connectivity index (χ4v) is 1.56. The highest BCUT2D eigenvalue weighted by molar-refractivity contribution is 6.14. The number of hydrogen-bond donors (Lipinski definition) is 1. The van der Waals surface area contributed by atoms with E-state index in [4.69, 9.17) is 14.2 Å². The monoisotopic (exact) mass is 321 g/mol. The fraction of sp³-hybridized carbons (Fsp3) is 0.312. The summed E-state index contributed by atoms with van der Waals surface area (Å²) in [4.78, 5) is 34.4. The smallest absolute Gasteiger partial charge is 0.347 e. The van der Waals surface area contributed by atoms with Crippen LogP contribution in [0.4, 0.5) is 5.69 Å². The molecule has 1 aromatic carbocycles. The van der Waals surface area contributed by atoms with Crippen LogP contribution in [0.2, 0.25) is 0 Å². The molecule has 0 radical (unpaired) electrons. The van der Waals surface area contributed by atoms with Crippen LogP contribution in [0.25, 0.3) is 0 Å². The van der Waals surface area contributed by atoms with Crippen LogP contribution in [0.15, 0.2) is 36.0 Å². The van der Waals surface area contributed by atoms with E-state index in [1.807, 2.05) is 0 Å². The number of carbonyl (C=O) groups excluding carboxylic acids is 3. The second kappa shape index (κ2) is 9.24. The number of nitrogens with one attached hydrogen (secondary N) is 1. The van der Waals surface area contributed by atoms with Crippen molar-refractivity contribution in [2.75, 3.05) is 18.5 Å². The van der Waals surface area contributed by atoms with Crippen LogP contribution in [0.3, 0.4) is 0 Å². The lowest BCUT2D eigenvalue weighted by Gasteiger charge is -2.08. The van der Waals surface area contributed by atoms with Crippen LogP contribution in [-0.4, -0.2) is 31.1 Å². The number of ether oxygens (including phenoxy) is 3. The topological polar surface area (TPSA) is 90.9 Å². The van der Waals surface area contributed by atoms with E-state index in [1.54, 1.807) is 38.1 Å². The van der Waals surface area contributed by atoms with E-state index < -0.39 is 17.9 Å². The second-order valence-electron chi connectivity index (χ2n) is 4.26. The highest BCUT2D eigenvalue weighted by atomic mass is 16.6. The molecule has 0 aliphatic heterocycles. The Kier molecular flexibility index (Phi) is 7.32. The van der Waals surface area contributed by atoms with Gasteiger partial charge in [0, 0.05) is 18.8 Å². The first-order chi connectivity index (χ1) is 11.0. The molecule has 0 aromatic heterocycles. The van der Waals surface area contributed by atoms with Crippen molar-refractivity contribution in [3.05, 3.63) is 36.0 Å². The Hall–Kier alpha value is -2.83. The van der Waals surface area contributed by atoms with Gasteiger partial charge in [-0.05, 0) is 38.1 Å². The van der Waals surface area contributed by atoms with Gasteiger partial charge in [-0.3, -0.25) is 4.79 Å². The summed E-state index contributed by atoms with van der Waals surface area (Å²) in [6, 6.07) is 6.41. The van der Waals surface area contributed by atoms with Crippen LogP contribution in [0.1, 0.15) is 20.8 Å². The second-order valence-corrected chi connectivity index (χ2v) is 4.26. The molecular formula is C16H19NO6. The maximum absolute atomic E-state index is 11.8. The van der Waals surface area contributed by atoms with Crippen molar-refractivity contribution in [1.29, 1.82) is 0 Å². The van der Waals surface area contributed by atoms with E-state index in [-0.39, 0.29) is 18.8 Å². The molecule has 0 fully saturated rings. The van der Waals surface area contributed by atoms with Crippen LogP contribution in [0, 0.1) is 0 Å². The Morgan fingerprint density at radius 2 is 1.52 bits per heavy atom. The summed E-state index contributed by atoms with van der Waals surface area (Å²) in [5.74, 6) is -1.56. The van der Waals surface area contributed by atoms with Crippen LogP contribution < -0.4 is 10.1 Å². The number of carbonyl (C=O) groups is 3. The average Bonchev–Trinajstić information content (AvgIpc) is 2.49. The zero-order valence-corrected chi connectivity index (χ0v) is 13.3. The van der Waals surface area contributed by atoms with E-state index in [0.717, 1.165) is 0 Å². The Bertz CT molecular complexity index is 571. The lowest BCUT2D eigenvalue weighted by Crippen LogP contribution is -2.19. The molecule has 0 heterocycles. The third-order valence-electron chi connectivity index (χ3n) is 2.49. The summed E-state index contributed by atoms with van der Waals surface area (Å²) in [7, 11) is 0. The molecule has 0 aliphatic rings. The molecule has 124 valence electrons. The normalized spacial score (nSPS) is 9.52. The molecule has 1 N–H and O–H groups in total. The molecule has 0 bridgehead atoms. The van der Waals surface area contributed by atoms with Gasteiger partial charge in [0.05, 0.1) is 13.2 Å². The third kappa shape index (κ3) is 6.21. The first-order valence-corrected chi connectivity index (χ1v) is 7.07. The van der Waals surface area contributed by atoms with Crippen molar-refractivity contribution in [3.63, 3.8) is 0 Å². The van der Waals surface area contributed by atoms with E-state index in [2.05, 4.69) is 5.32 Å². The van der Waals surface area contributed by atoms with Gasteiger partial charge in [-0.15, -0.1) is 0 Å². The van der Waals surface area contributed by atoms with E-state index in [9.17, 15) is 14.4 Å². The zero-order chi connectivity index (χ0) is 17.2. The van der Waals surface area contributed by atoms with Crippen molar-refractivity contribution in [3.8, 4) is 5.75 Å². The zero-order valence-electron chi connectivity index (χ0n) is 13.3. The lowest BCUT2D eigenvalue weighted by molar-refractivity contribution is -0.146. The molecule has 7 nitrogen and oxygen atoms in total. The number of rotatable bonds is 7. The van der Waals surface area contributed by atoms with E-state index in [1.165, 1.54) is 13.1 Å². The number of anilines is 1.